The Bertz CT molecular complexity index is 836. The van der Waals surface area contributed by atoms with Gasteiger partial charge in [0.15, 0.2) is 0 Å². The van der Waals surface area contributed by atoms with Crippen molar-refractivity contribution in [1.82, 2.24) is 10.6 Å². The maximum absolute atomic E-state index is 12.3. The van der Waals surface area contributed by atoms with Crippen LogP contribution in [0, 0.1) is 0 Å². The minimum absolute atomic E-state index is 0.193. The van der Waals surface area contributed by atoms with Crippen molar-refractivity contribution in [3.8, 4) is 0 Å². The van der Waals surface area contributed by atoms with E-state index in [2.05, 4.69) is 10.6 Å². The second-order valence-electron chi connectivity index (χ2n) is 5.67. The second kappa shape index (κ2) is 6.94. The number of halogens is 1. The molecule has 6 nitrogen and oxygen atoms in total. The number of hydrogen-bond acceptors (Lipinski definition) is 3. The summed E-state index contributed by atoms with van der Waals surface area (Å²) >= 11 is 5.80. The summed E-state index contributed by atoms with van der Waals surface area (Å²) in [7, 11) is 1.63. The average Bonchev–Trinajstić information content (AvgIpc) is 2.86. The second-order valence-corrected chi connectivity index (χ2v) is 6.11. The molecule has 1 atom stereocenters. The van der Waals surface area contributed by atoms with Gasteiger partial charge < -0.3 is 15.5 Å². The highest BCUT2D eigenvalue weighted by molar-refractivity contribution is 6.35. The number of hydrogen-bond donors (Lipinski definition) is 2. The summed E-state index contributed by atoms with van der Waals surface area (Å²) < 4.78 is 0. The molecule has 0 aliphatic carbocycles. The Balaban J connectivity index is 1.63. The number of anilines is 1. The number of amides is 3. The minimum atomic E-state index is -0.852. The number of rotatable bonds is 3. The average molecular weight is 358 g/mol. The highest BCUT2D eigenvalue weighted by Crippen LogP contribution is 2.34. The van der Waals surface area contributed by atoms with E-state index in [-0.39, 0.29) is 12.5 Å². The molecule has 3 rings (SSSR count). The van der Waals surface area contributed by atoms with Crippen LogP contribution < -0.4 is 15.5 Å². The van der Waals surface area contributed by atoms with E-state index in [1.807, 2.05) is 6.07 Å². The third kappa shape index (κ3) is 3.49. The smallest absolute Gasteiger partial charge is 0.310 e. The molecule has 0 bridgehead atoms. The largest absolute Gasteiger partial charge is 0.344 e. The molecular formula is C18H16ClN3O3. The van der Waals surface area contributed by atoms with E-state index in [0.717, 1.165) is 11.3 Å². The van der Waals surface area contributed by atoms with Crippen molar-refractivity contribution in [2.45, 2.75) is 12.6 Å². The lowest BCUT2D eigenvalue weighted by atomic mass is 10.1. The minimum Gasteiger partial charge on any atom is -0.344 e. The van der Waals surface area contributed by atoms with Gasteiger partial charge in [-0.15, -0.1) is 0 Å². The zero-order valence-electron chi connectivity index (χ0n) is 13.5. The SMILES string of the molecule is CN1C(=O)C(NC(=O)C(=O)NCc2ccc(Cl)cc2)c2ccccc21. The molecule has 1 heterocycles. The van der Waals surface area contributed by atoms with Crippen LogP contribution in [0.4, 0.5) is 5.69 Å². The van der Waals surface area contributed by atoms with Crippen LogP contribution in [-0.2, 0) is 20.9 Å². The molecule has 1 aliphatic heterocycles. The highest BCUT2D eigenvalue weighted by atomic mass is 35.5. The Morgan fingerprint density at radius 1 is 1.08 bits per heavy atom. The van der Waals surface area contributed by atoms with Gasteiger partial charge in [-0.3, -0.25) is 14.4 Å². The molecule has 1 aliphatic rings. The molecule has 2 aromatic rings. The van der Waals surface area contributed by atoms with Gasteiger partial charge in [0.2, 0.25) is 0 Å². The summed E-state index contributed by atoms with van der Waals surface area (Å²) in [6, 6.07) is 13.2. The van der Waals surface area contributed by atoms with Crippen LogP contribution in [0.5, 0.6) is 0 Å². The van der Waals surface area contributed by atoms with Crippen LogP contribution in [-0.4, -0.2) is 24.8 Å². The van der Waals surface area contributed by atoms with E-state index in [9.17, 15) is 14.4 Å². The van der Waals surface area contributed by atoms with Gasteiger partial charge in [0.1, 0.15) is 6.04 Å². The fourth-order valence-electron chi connectivity index (χ4n) is 2.68. The molecule has 7 heteroatoms. The van der Waals surface area contributed by atoms with Crippen molar-refractivity contribution in [3.05, 3.63) is 64.7 Å². The highest BCUT2D eigenvalue weighted by Gasteiger charge is 2.36. The molecule has 0 aromatic heterocycles. The van der Waals surface area contributed by atoms with Crippen molar-refractivity contribution in [3.63, 3.8) is 0 Å². The van der Waals surface area contributed by atoms with Gasteiger partial charge in [-0.1, -0.05) is 41.9 Å². The lowest BCUT2D eigenvalue weighted by Gasteiger charge is -2.13. The number of nitrogens with one attached hydrogen (secondary N) is 2. The third-order valence-corrected chi connectivity index (χ3v) is 4.29. The first-order chi connectivity index (χ1) is 12.0. The van der Waals surface area contributed by atoms with Crippen molar-refractivity contribution in [2.24, 2.45) is 0 Å². The van der Waals surface area contributed by atoms with Crippen LogP contribution in [0.25, 0.3) is 0 Å². The lowest BCUT2D eigenvalue weighted by molar-refractivity contribution is -0.140. The van der Waals surface area contributed by atoms with Crippen molar-refractivity contribution in [1.29, 1.82) is 0 Å². The van der Waals surface area contributed by atoms with Gasteiger partial charge >= 0.3 is 11.8 Å². The van der Waals surface area contributed by atoms with Gasteiger partial charge in [-0.25, -0.2) is 0 Å². The predicted molar refractivity (Wildman–Crippen MR) is 94.0 cm³/mol. The fourth-order valence-corrected chi connectivity index (χ4v) is 2.81. The molecule has 2 aromatic carbocycles. The molecule has 3 amide bonds. The van der Waals surface area contributed by atoms with E-state index in [1.165, 1.54) is 4.90 Å². The predicted octanol–water partition coefficient (Wildman–Crippen LogP) is 1.79. The van der Waals surface area contributed by atoms with Gasteiger partial charge in [-0.05, 0) is 23.8 Å². The van der Waals surface area contributed by atoms with Gasteiger partial charge in [0.25, 0.3) is 5.91 Å². The molecular weight excluding hydrogens is 342 g/mol. The zero-order valence-corrected chi connectivity index (χ0v) is 14.2. The summed E-state index contributed by atoms with van der Waals surface area (Å²) in [4.78, 5) is 37.9. The number of para-hydroxylation sites is 1. The molecule has 0 saturated carbocycles. The van der Waals surface area contributed by atoms with Crippen molar-refractivity contribution >= 4 is 35.0 Å². The molecule has 1 unspecified atom stereocenters. The van der Waals surface area contributed by atoms with Crippen LogP contribution in [0.1, 0.15) is 17.2 Å². The lowest BCUT2D eigenvalue weighted by Crippen LogP contribution is -2.43. The van der Waals surface area contributed by atoms with Crippen LogP contribution in [0.2, 0.25) is 5.02 Å². The number of nitrogens with zero attached hydrogens (tertiary/aromatic N) is 1. The Labute approximate surface area is 149 Å². The van der Waals surface area contributed by atoms with E-state index >= 15 is 0 Å². The Morgan fingerprint density at radius 3 is 2.48 bits per heavy atom. The Morgan fingerprint density at radius 2 is 1.76 bits per heavy atom. The maximum atomic E-state index is 12.3. The topological polar surface area (TPSA) is 78.5 Å². The van der Waals surface area contributed by atoms with E-state index in [4.69, 9.17) is 11.6 Å². The summed E-state index contributed by atoms with van der Waals surface area (Å²) in [5.41, 5.74) is 2.21. The maximum Gasteiger partial charge on any atom is 0.310 e. The van der Waals surface area contributed by atoms with E-state index in [0.29, 0.717) is 10.6 Å². The monoisotopic (exact) mass is 357 g/mol. The van der Waals surface area contributed by atoms with Gasteiger partial charge in [0.05, 0.1) is 0 Å². The molecule has 0 radical (unpaired) electrons. The molecule has 25 heavy (non-hydrogen) atoms. The Kier molecular flexibility index (Phi) is 4.72. The molecule has 0 spiro atoms. The first-order valence-electron chi connectivity index (χ1n) is 7.67. The van der Waals surface area contributed by atoms with Crippen molar-refractivity contribution < 1.29 is 14.4 Å². The Hall–Kier alpha value is -2.86. The molecule has 0 fully saturated rings. The molecule has 128 valence electrons. The summed E-state index contributed by atoms with van der Waals surface area (Å²) in [6.45, 7) is 0.193. The van der Waals surface area contributed by atoms with E-state index in [1.54, 1.807) is 49.5 Å². The summed E-state index contributed by atoms with van der Waals surface area (Å²) in [5, 5.41) is 5.61. The third-order valence-electron chi connectivity index (χ3n) is 4.03. The summed E-state index contributed by atoms with van der Waals surface area (Å²) in [5.74, 6) is -1.92. The zero-order chi connectivity index (χ0) is 18.0. The number of likely N-dealkylation sites (N-methyl/N-ethyl adjacent to an activating group) is 1. The number of carbonyl (C=O) groups excluding carboxylic acids is 3. The number of benzene rings is 2. The standard InChI is InChI=1S/C18H16ClN3O3/c1-22-14-5-3-2-4-13(14)15(18(22)25)21-17(24)16(23)20-10-11-6-8-12(19)9-7-11/h2-9,15H,10H2,1H3,(H,20,23)(H,21,24). The van der Waals surface area contributed by atoms with Crippen LogP contribution >= 0.6 is 11.6 Å². The first-order valence-corrected chi connectivity index (χ1v) is 8.05. The number of fused-ring (bicyclic) bond motifs is 1. The first kappa shape index (κ1) is 17.0. The molecule has 0 saturated heterocycles. The normalized spacial score (nSPS) is 15.7. The quantitative estimate of drug-likeness (QED) is 0.822. The van der Waals surface area contributed by atoms with Gasteiger partial charge in [0, 0.05) is 29.9 Å². The van der Waals surface area contributed by atoms with Crippen LogP contribution in [0.15, 0.2) is 48.5 Å². The van der Waals surface area contributed by atoms with Gasteiger partial charge in [-0.2, -0.15) is 0 Å². The van der Waals surface area contributed by atoms with E-state index < -0.39 is 17.9 Å². The van der Waals surface area contributed by atoms with Crippen LogP contribution in [0.3, 0.4) is 0 Å². The molecule has 2 N–H and O–H groups in total. The van der Waals surface area contributed by atoms with Crippen molar-refractivity contribution in [2.75, 3.05) is 11.9 Å². The number of carbonyl (C=O) groups is 3. The summed E-state index contributed by atoms with van der Waals surface area (Å²) in [6.07, 6.45) is 0. The fraction of sp³-hybridized carbons (Fsp3) is 0.167.